The summed E-state index contributed by atoms with van der Waals surface area (Å²) in [6.45, 7) is 29.9. The predicted molar refractivity (Wildman–Crippen MR) is 440 cm³/mol. The van der Waals surface area contributed by atoms with E-state index in [2.05, 4.69) is 403 Å². The molecule has 4 heteroatoms. The van der Waals surface area contributed by atoms with E-state index in [0.29, 0.717) is 0 Å². The van der Waals surface area contributed by atoms with Crippen molar-refractivity contribution in [1.82, 2.24) is 14.8 Å². The van der Waals surface area contributed by atoms with Gasteiger partial charge in [0.05, 0.1) is 0 Å². The Bertz CT molecular complexity index is 5120. The number of aromatic nitrogens is 3. The normalized spacial score (nSPS) is 10.6. The van der Waals surface area contributed by atoms with Crippen LogP contribution >= 0.6 is 11.3 Å². The second-order valence-electron chi connectivity index (χ2n) is 27.5. The van der Waals surface area contributed by atoms with Crippen LogP contribution < -0.4 is 0 Å². The second-order valence-corrected chi connectivity index (χ2v) is 28.6. The number of rotatable bonds is 10. The van der Waals surface area contributed by atoms with Gasteiger partial charge in [0, 0.05) is 26.6 Å². The average Bonchev–Trinajstić information content (AvgIpc) is 1.65. The highest BCUT2D eigenvalue weighted by molar-refractivity contribution is 7.18. The highest BCUT2D eigenvalue weighted by Gasteiger charge is 2.17. The van der Waals surface area contributed by atoms with Crippen molar-refractivity contribution in [2.75, 3.05) is 0 Å². The van der Waals surface area contributed by atoms with Crippen molar-refractivity contribution in [1.29, 1.82) is 0 Å². The summed E-state index contributed by atoms with van der Waals surface area (Å²) < 4.78 is 2.12. The van der Waals surface area contributed by atoms with Gasteiger partial charge in [0.2, 0.25) is 0 Å². The van der Waals surface area contributed by atoms with E-state index in [4.69, 9.17) is 0 Å². The van der Waals surface area contributed by atoms with Gasteiger partial charge in [0.1, 0.15) is 0 Å². The van der Waals surface area contributed by atoms with Crippen LogP contribution in [0.4, 0.5) is 0 Å². The van der Waals surface area contributed by atoms with Crippen molar-refractivity contribution < 1.29 is 0 Å². The van der Waals surface area contributed by atoms with E-state index >= 15 is 0 Å². The second kappa shape index (κ2) is 33.7. The summed E-state index contributed by atoms with van der Waals surface area (Å²) in [5.74, 6) is 1.70. The first-order chi connectivity index (χ1) is 49.2. The Morgan fingerprint density at radius 3 is 0.814 bits per heavy atom. The van der Waals surface area contributed by atoms with E-state index in [1.807, 2.05) is 29.5 Å². The molecular weight excluding hydrogens is 1250 g/mol. The molecule has 0 radical (unpaired) electrons. The van der Waals surface area contributed by atoms with Gasteiger partial charge < -0.3 is 0 Å². The Labute approximate surface area is 611 Å². The van der Waals surface area contributed by atoms with Crippen LogP contribution in [0.15, 0.2) is 309 Å². The van der Waals surface area contributed by atoms with Crippen LogP contribution in [0.5, 0.6) is 0 Å². The van der Waals surface area contributed by atoms with Crippen LogP contribution in [0.3, 0.4) is 0 Å². The maximum Gasteiger partial charge on any atom is 0.168 e. The van der Waals surface area contributed by atoms with Crippen molar-refractivity contribution in [2.45, 2.75) is 96.9 Å². The zero-order chi connectivity index (χ0) is 71.8. The molecule has 0 amide bonds. The molecule has 15 aromatic rings. The maximum atomic E-state index is 4.50. The lowest BCUT2D eigenvalue weighted by Crippen LogP contribution is -2.00. The van der Waals surface area contributed by atoms with Gasteiger partial charge in [-0.2, -0.15) is 0 Å². The van der Waals surface area contributed by atoms with E-state index < -0.39 is 0 Å². The molecule has 0 N–H and O–H groups in total. The van der Waals surface area contributed by atoms with Gasteiger partial charge in [-0.15, -0.1) is 21.5 Å². The standard InChI is InChI=1S/C22H19N3.2C21H20.C19H18S.C15H16/c1-16-8-12-18(13-9-16)21-23-24-22(19-14-10-17(2)11-15-19)25(21)20-6-4-3-5-7-20;1-15-6-4-7-18(11-15)19-8-5-9-20(14-19)21-12-16(2)10-17(3)13-21;1-15-5-4-6-20(12-15)18-7-9-19(10-8-18)21-13-16(2)11-17(3)14-21;1-13-4-6-16(7-5-13)18-8-9-19(20-18)17-11-14(2)10-15(3)12-17;1-11-4-6-14(7-5-11)15-9-12(2)8-13(3)10-15/h3-15H,1-2H3;2*4-14H,1-3H3;4-12H,1-3H3;4-10H,1-3H3. The van der Waals surface area contributed by atoms with Crippen LogP contribution in [0.1, 0.15) is 77.9 Å². The van der Waals surface area contributed by atoms with E-state index in [0.717, 1.165) is 28.5 Å². The van der Waals surface area contributed by atoms with Crippen molar-refractivity contribution in [3.8, 4) is 105 Å². The first kappa shape index (κ1) is 72.0. The van der Waals surface area contributed by atoms with Crippen molar-refractivity contribution in [3.05, 3.63) is 387 Å². The molecule has 2 heterocycles. The number of benzene rings is 13. The highest BCUT2D eigenvalue weighted by Crippen LogP contribution is 2.37. The molecule has 0 bridgehead atoms. The molecule has 3 nitrogen and oxygen atoms in total. The smallest absolute Gasteiger partial charge is 0.168 e. The van der Waals surface area contributed by atoms with Crippen LogP contribution in [0.25, 0.3) is 105 Å². The first-order valence-electron chi connectivity index (χ1n) is 35.3. The summed E-state index contributed by atoms with van der Waals surface area (Å²) >= 11 is 1.86. The van der Waals surface area contributed by atoms with Gasteiger partial charge in [-0.3, -0.25) is 4.57 Å². The Hall–Kier alpha value is -11.3. The third-order valence-electron chi connectivity index (χ3n) is 17.9. The molecule has 0 aliphatic carbocycles. The Kier molecular flexibility index (Phi) is 23.8. The zero-order valence-electron chi connectivity index (χ0n) is 61.7. The van der Waals surface area contributed by atoms with Crippen molar-refractivity contribution >= 4 is 11.3 Å². The lowest BCUT2D eigenvalue weighted by atomic mass is 9.96. The van der Waals surface area contributed by atoms with Gasteiger partial charge in [-0.25, -0.2) is 0 Å². The number of hydrogen-bond acceptors (Lipinski definition) is 3. The largest absolute Gasteiger partial charge is 0.275 e. The van der Waals surface area contributed by atoms with Gasteiger partial charge in [0.15, 0.2) is 11.6 Å². The Balaban J connectivity index is 0.000000129. The van der Waals surface area contributed by atoms with Gasteiger partial charge in [-0.05, 0) is 194 Å². The first-order valence-corrected chi connectivity index (χ1v) is 36.1. The fourth-order valence-electron chi connectivity index (χ4n) is 12.9. The Morgan fingerprint density at radius 2 is 0.441 bits per heavy atom. The molecule has 0 aliphatic heterocycles. The molecule has 102 heavy (non-hydrogen) atoms. The minimum absolute atomic E-state index is 0.849. The highest BCUT2D eigenvalue weighted by atomic mass is 32.1. The molecule has 0 aliphatic rings. The lowest BCUT2D eigenvalue weighted by molar-refractivity contribution is 1.07. The summed E-state index contributed by atoms with van der Waals surface area (Å²) in [6.07, 6.45) is 0. The van der Waals surface area contributed by atoms with E-state index in [1.54, 1.807) is 0 Å². The van der Waals surface area contributed by atoms with Crippen LogP contribution in [0, 0.1) is 96.9 Å². The zero-order valence-corrected chi connectivity index (χ0v) is 62.5. The SMILES string of the molecule is Cc1ccc(-c2cc(C)cc(C)c2)cc1.Cc1ccc(-c2ccc(-c3cc(C)cc(C)c3)s2)cc1.Cc1ccc(-c2nnc(-c3ccc(C)cc3)n2-c2ccccc2)cc1.Cc1cccc(-c2ccc(-c3cc(C)cc(C)c3)cc2)c1.Cc1cccc(-c2cccc(-c3cc(C)cc(C)c3)c2)c1. The summed E-state index contributed by atoms with van der Waals surface area (Å²) in [5, 5.41) is 9.01. The van der Waals surface area contributed by atoms with Gasteiger partial charge in [0.25, 0.3) is 0 Å². The Morgan fingerprint density at radius 1 is 0.176 bits per heavy atom. The number of para-hydroxylation sites is 1. The third kappa shape index (κ3) is 19.6. The monoisotopic (exact) mass is 1340 g/mol. The topological polar surface area (TPSA) is 30.7 Å². The molecule has 0 saturated carbocycles. The molecular formula is C98H93N3S. The van der Waals surface area contributed by atoms with Gasteiger partial charge >= 0.3 is 0 Å². The number of thiophene rings is 1. The maximum absolute atomic E-state index is 4.50. The molecule has 506 valence electrons. The summed E-state index contributed by atoms with van der Waals surface area (Å²) in [5.41, 5.74) is 36.9. The lowest BCUT2D eigenvalue weighted by Gasteiger charge is -2.11. The molecule has 15 rings (SSSR count). The van der Waals surface area contributed by atoms with E-state index in [1.165, 1.54) is 154 Å². The molecule has 0 atom stereocenters. The molecule has 13 aromatic carbocycles. The molecule has 0 saturated heterocycles. The predicted octanol–water partition coefficient (Wildman–Crippen LogP) is 27.4. The van der Waals surface area contributed by atoms with Crippen LogP contribution in [-0.2, 0) is 0 Å². The number of aryl methyl sites for hydroxylation is 14. The fraction of sp³-hybridized carbons (Fsp3) is 0.143. The minimum Gasteiger partial charge on any atom is -0.275 e. The van der Waals surface area contributed by atoms with Gasteiger partial charge in [-0.1, -0.05) is 357 Å². The average molecular weight is 1340 g/mol. The number of hydrogen-bond donors (Lipinski definition) is 0. The molecule has 0 spiro atoms. The summed E-state index contributed by atoms with van der Waals surface area (Å²) in [6, 6.07) is 111. The van der Waals surface area contributed by atoms with E-state index in [-0.39, 0.29) is 0 Å². The van der Waals surface area contributed by atoms with Crippen molar-refractivity contribution in [2.24, 2.45) is 0 Å². The quantitative estimate of drug-likeness (QED) is 0.137. The molecule has 0 fully saturated rings. The fourth-order valence-corrected chi connectivity index (χ4v) is 13.9. The van der Waals surface area contributed by atoms with E-state index in [9.17, 15) is 0 Å². The summed E-state index contributed by atoms with van der Waals surface area (Å²) in [4.78, 5) is 2.67. The van der Waals surface area contributed by atoms with Crippen molar-refractivity contribution in [3.63, 3.8) is 0 Å². The number of nitrogens with zero attached hydrogens (tertiary/aromatic N) is 3. The van der Waals surface area contributed by atoms with Crippen LogP contribution in [-0.4, -0.2) is 14.8 Å². The summed E-state index contributed by atoms with van der Waals surface area (Å²) in [7, 11) is 0. The third-order valence-corrected chi connectivity index (χ3v) is 19.1. The van der Waals surface area contributed by atoms with Crippen LogP contribution in [0.2, 0.25) is 0 Å². The minimum atomic E-state index is 0.849. The molecule has 0 unspecified atom stereocenters. The molecule has 2 aromatic heterocycles.